The first-order chi connectivity index (χ1) is 21.0. The van der Waals surface area contributed by atoms with Crippen molar-refractivity contribution >= 4 is 11.9 Å². The van der Waals surface area contributed by atoms with Crippen LogP contribution in [0.1, 0.15) is 126 Å². The fraction of sp³-hybridized carbons (Fsp3) is 0.588. The minimum Gasteiger partial charge on any atom is -0.481 e. The number of hydrogen-bond acceptors (Lipinski definition) is 4. The lowest BCUT2D eigenvalue weighted by Gasteiger charge is -2.18. The summed E-state index contributed by atoms with van der Waals surface area (Å²) in [5.74, 6) is -5.09. The number of rotatable bonds is 22. The molecule has 2 rings (SSSR count). The molecule has 0 heterocycles. The Bertz CT molecular complexity index is 1100. The highest BCUT2D eigenvalue weighted by molar-refractivity contribution is 5.66. The Morgan fingerprint density at radius 3 is 1.45 bits per heavy atom. The third kappa shape index (κ3) is 18.6. The Labute approximate surface area is 258 Å². The van der Waals surface area contributed by atoms with Crippen LogP contribution in [-0.2, 0) is 16.0 Å². The molecular weight excluding hydrogens is 580 g/mol. The molecule has 0 bridgehead atoms. The van der Waals surface area contributed by atoms with Crippen LogP contribution < -0.4 is 0 Å². The van der Waals surface area contributed by atoms with Crippen LogP contribution in [-0.4, -0.2) is 38.5 Å². The van der Waals surface area contributed by atoms with E-state index >= 15 is 0 Å². The minimum atomic E-state index is -1.24. The lowest BCUT2D eigenvalue weighted by Crippen LogP contribution is -2.18. The number of aliphatic carboxylic acids is 2. The van der Waals surface area contributed by atoms with Crippen molar-refractivity contribution in [3.63, 3.8) is 0 Å². The van der Waals surface area contributed by atoms with Crippen molar-refractivity contribution in [3.8, 4) is 0 Å². The molecule has 0 fully saturated rings. The molecule has 0 saturated heterocycles. The van der Waals surface area contributed by atoms with Crippen molar-refractivity contribution in [2.45, 2.75) is 128 Å². The largest absolute Gasteiger partial charge is 0.481 e. The molecule has 6 nitrogen and oxygen atoms in total. The molecule has 0 aliphatic carbocycles. The van der Waals surface area contributed by atoms with E-state index in [1.54, 1.807) is 6.07 Å². The van der Waals surface area contributed by atoms with E-state index in [2.05, 4.69) is 0 Å². The molecule has 0 radical (unpaired) electrons. The van der Waals surface area contributed by atoms with Crippen molar-refractivity contribution < 1.29 is 47.6 Å². The van der Waals surface area contributed by atoms with Gasteiger partial charge in [-0.3, -0.25) is 9.59 Å². The van der Waals surface area contributed by atoms with Gasteiger partial charge in [0.25, 0.3) is 0 Å². The number of benzene rings is 2. The third-order valence-corrected chi connectivity index (χ3v) is 7.38. The molecule has 0 spiro atoms. The van der Waals surface area contributed by atoms with Gasteiger partial charge in [-0.25, -0.2) is 17.6 Å². The SMILES string of the molecule is O=C(O)CCCCCCCCC(O)C(O)c1ccc(F)c(F)c1.O=C(O)CCCCCCCCCCc1ccc(F)c(F)c1. The molecule has 0 saturated carbocycles. The van der Waals surface area contributed by atoms with E-state index in [0.29, 0.717) is 19.3 Å². The first-order valence-electron chi connectivity index (χ1n) is 15.7. The first kappa shape index (κ1) is 39.0. The van der Waals surface area contributed by atoms with Crippen molar-refractivity contribution in [1.82, 2.24) is 0 Å². The fourth-order valence-corrected chi connectivity index (χ4v) is 4.77. The highest BCUT2D eigenvalue weighted by Gasteiger charge is 2.19. The topological polar surface area (TPSA) is 115 Å². The number of carboxylic acid groups (broad SMARTS) is 2. The van der Waals surface area contributed by atoms with Gasteiger partial charge >= 0.3 is 11.9 Å². The van der Waals surface area contributed by atoms with Gasteiger partial charge < -0.3 is 20.4 Å². The number of aliphatic hydroxyl groups excluding tert-OH is 2. The van der Waals surface area contributed by atoms with Crippen LogP contribution >= 0.6 is 0 Å². The van der Waals surface area contributed by atoms with Crippen molar-refractivity contribution in [1.29, 1.82) is 0 Å². The van der Waals surface area contributed by atoms with Crippen LogP contribution in [0.5, 0.6) is 0 Å². The maximum atomic E-state index is 13.1. The summed E-state index contributed by atoms with van der Waals surface area (Å²) < 4.78 is 51.7. The zero-order chi connectivity index (χ0) is 32.7. The van der Waals surface area contributed by atoms with Gasteiger partial charge in [0, 0.05) is 12.8 Å². The lowest BCUT2D eigenvalue weighted by atomic mass is 9.99. The zero-order valence-corrected chi connectivity index (χ0v) is 25.5. The molecule has 44 heavy (non-hydrogen) atoms. The van der Waals surface area contributed by atoms with Crippen molar-refractivity contribution in [3.05, 3.63) is 70.8 Å². The first-order valence-corrected chi connectivity index (χ1v) is 15.7. The molecular formula is C34H48F4O6. The van der Waals surface area contributed by atoms with Gasteiger partial charge in [0.1, 0.15) is 6.10 Å². The summed E-state index contributed by atoms with van der Waals surface area (Å²) in [5, 5.41) is 36.8. The van der Waals surface area contributed by atoms with Gasteiger partial charge in [-0.1, -0.05) is 82.8 Å². The second-order valence-electron chi connectivity index (χ2n) is 11.2. The Morgan fingerprint density at radius 1 is 0.545 bits per heavy atom. The summed E-state index contributed by atoms with van der Waals surface area (Å²) in [5.41, 5.74) is 1.01. The smallest absolute Gasteiger partial charge is 0.303 e. The monoisotopic (exact) mass is 628 g/mol. The molecule has 2 aromatic carbocycles. The van der Waals surface area contributed by atoms with Gasteiger partial charge in [-0.05, 0) is 67.5 Å². The quantitative estimate of drug-likeness (QED) is 0.0766. The van der Waals surface area contributed by atoms with E-state index in [1.807, 2.05) is 0 Å². The maximum Gasteiger partial charge on any atom is 0.303 e. The van der Waals surface area contributed by atoms with Gasteiger partial charge in [-0.2, -0.15) is 0 Å². The van der Waals surface area contributed by atoms with Gasteiger partial charge in [0.05, 0.1) is 6.10 Å². The zero-order valence-electron chi connectivity index (χ0n) is 25.5. The molecule has 2 atom stereocenters. The summed E-state index contributed by atoms with van der Waals surface area (Å²) in [4.78, 5) is 20.7. The molecule has 248 valence electrons. The summed E-state index contributed by atoms with van der Waals surface area (Å²) in [6.45, 7) is 0. The van der Waals surface area contributed by atoms with E-state index in [-0.39, 0.29) is 18.4 Å². The van der Waals surface area contributed by atoms with E-state index in [4.69, 9.17) is 10.2 Å². The summed E-state index contributed by atoms with van der Waals surface area (Å²) >= 11 is 0. The molecule has 2 unspecified atom stereocenters. The maximum absolute atomic E-state index is 13.1. The second kappa shape index (κ2) is 23.4. The third-order valence-electron chi connectivity index (χ3n) is 7.38. The Balaban J connectivity index is 0.000000442. The lowest BCUT2D eigenvalue weighted by molar-refractivity contribution is -0.138. The molecule has 4 N–H and O–H groups in total. The summed E-state index contributed by atoms with van der Waals surface area (Å²) in [6, 6.07) is 7.18. The van der Waals surface area contributed by atoms with E-state index < -0.39 is 47.4 Å². The number of halogens is 4. The minimum absolute atomic E-state index is 0.157. The highest BCUT2D eigenvalue weighted by Crippen LogP contribution is 2.23. The van der Waals surface area contributed by atoms with E-state index in [0.717, 1.165) is 101 Å². The second-order valence-corrected chi connectivity index (χ2v) is 11.2. The summed E-state index contributed by atoms with van der Waals surface area (Å²) in [7, 11) is 0. The van der Waals surface area contributed by atoms with Crippen LogP contribution in [0, 0.1) is 23.3 Å². The van der Waals surface area contributed by atoms with Crippen LogP contribution in [0.25, 0.3) is 0 Å². The average Bonchev–Trinajstić information content (AvgIpc) is 2.98. The number of aliphatic hydroxyl groups is 2. The molecule has 0 amide bonds. The fourth-order valence-electron chi connectivity index (χ4n) is 4.77. The highest BCUT2D eigenvalue weighted by atomic mass is 19.2. The standard InChI is InChI=1S/C17H24F2O4.C17H24F2O2/c18-13-10-9-12(11-14(13)19)17(23)15(20)7-5-3-1-2-4-6-8-16(21)22;18-15-12-11-14(13-16(15)19)9-7-5-3-1-2-4-6-8-10-17(20)21/h9-11,15,17,20,23H,1-8H2,(H,21,22);11-13H,1-10H2,(H,20,21). The summed E-state index contributed by atoms with van der Waals surface area (Å²) in [6.07, 6.45) is 12.7. The molecule has 2 aromatic rings. The number of unbranched alkanes of at least 4 members (excludes halogenated alkanes) is 12. The van der Waals surface area contributed by atoms with E-state index in [9.17, 15) is 37.4 Å². The number of hydrogen-bond donors (Lipinski definition) is 4. The van der Waals surface area contributed by atoms with Crippen molar-refractivity contribution in [2.24, 2.45) is 0 Å². The van der Waals surface area contributed by atoms with E-state index in [1.165, 1.54) is 18.2 Å². The predicted octanol–water partition coefficient (Wildman–Crippen LogP) is 8.67. The number of carbonyl (C=O) groups is 2. The van der Waals surface area contributed by atoms with Gasteiger partial charge in [0.2, 0.25) is 0 Å². The Hall–Kier alpha value is -2.98. The van der Waals surface area contributed by atoms with Gasteiger partial charge in [0.15, 0.2) is 23.3 Å². The van der Waals surface area contributed by atoms with Crippen LogP contribution in [0.15, 0.2) is 36.4 Å². The molecule has 10 heteroatoms. The molecule has 0 aliphatic rings. The van der Waals surface area contributed by atoms with Crippen LogP contribution in [0.4, 0.5) is 17.6 Å². The van der Waals surface area contributed by atoms with Crippen molar-refractivity contribution in [2.75, 3.05) is 0 Å². The Morgan fingerprint density at radius 2 is 0.977 bits per heavy atom. The average molecular weight is 629 g/mol. The number of carboxylic acids is 2. The predicted molar refractivity (Wildman–Crippen MR) is 161 cm³/mol. The Kier molecular flexibility index (Phi) is 20.8. The normalized spacial score (nSPS) is 12.3. The van der Waals surface area contributed by atoms with Crippen LogP contribution in [0.2, 0.25) is 0 Å². The van der Waals surface area contributed by atoms with Crippen LogP contribution in [0.3, 0.4) is 0 Å². The van der Waals surface area contributed by atoms with Gasteiger partial charge in [-0.15, -0.1) is 0 Å². The number of aryl methyl sites for hydroxylation is 1. The molecule has 0 aliphatic heterocycles. The molecule has 0 aromatic heterocycles.